The molecule has 1 aromatic heterocycles. The molecular weight excluding hydrogens is 402 g/mol. The molecule has 0 spiro atoms. The third-order valence-corrected chi connectivity index (χ3v) is 5.95. The number of rotatable bonds is 6. The Morgan fingerprint density at radius 2 is 2.06 bits per heavy atom. The maximum Gasteiger partial charge on any atom is 0.325 e. The van der Waals surface area contributed by atoms with Crippen molar-refractivity contribution in [2.45, 2.75) is 31.3 Å². The molecule has 0 radical (unpaired) electrons. The van der Waals surface area contributed by atoms with Gasteiger partial charge in [0.15, 0.2) is 5.54 Å². The van der Waals surface area contributed by atoms with Gasteiger partial charge in [-0.05, 0) is 50.1 Å². The third-order valence-electron chi connectivity index (χ3n) is 5.95. The first-order valence-corrected chi connectivity index (χ1v) is 10.1. The maximum atomic E-state index is 13.2. The Morgan fingerprint density at radius 3 is 2.74 bits per heavy atom. The lowest BCUT2D eigenvalue weighted by Crippen LogP contribution is -2.44. The van der Waals surface area contributed by atoms with Crippen molar-refractivity contribution < 1.29 is 28.3 Å². The molecule has 31 heavy (non-hydrogen) atoms. The lowest BCUT2D eigenvalue weighted by molar-refractivity contribution is -0.139. The molecule has 2 fully saturated rings. The quantitative estimate of drug-likeness (QED) is 0.711. The van der Waals surface area contributed by atoms with Crippen molar-refractivity contribution in [3.63, 3.8) is 0 Å². The topological polar surface area (TPSA) is 101 Å². The highest BCUT2D eigenvalue weighted by atomic mass is 16.5. The van der Waals surface area contributed by atoms with Crippen LogP contribution in [0.25, 0.3) is 0 Å². The molecule has 9 nitrogen and oxygen atoms in total. The van der Waals surface area contributed by atoms with Crippen molar-refractivity contribution in [1.82, 2.24) is 15.1 Å². The number of urea groups is 1. The molecule has 2 saturated heterocycles. The second kappa shape index (κ2) is 7.98. The summed E-state index contributed by atoms with van der Waals surface area (Å²) in [5.41, 5.74) is -0.494. The predicted octanol–water partition coefficient (Wildman–Crippen LogP) is 2.43. The molecule has 2 aliphatic rings. The minimum atomic E-state index is -1.33. The van der Waals surface area contributed by atoms with Gasteiger partial charge in [-0.2, -0.15) is 0 Å². The Balaban J connectivity index is 1.55. The molecule has 2 aliphatic heterocycles. The Kier molecular flexibility index (Phi) is 5.34. The summed E-state index contributed by atoms with van der Waals surface area (Å²) < 4.78 is 16.2. The zero-order valence-electron chi connectivity index (χ0n) is 17.7. The summed E-state index contributed by atoms with van der Waals surface area (Å²) in [7, 11) is 3.16. The molecule has 164 valence electrons. The van der Waals surface area contributed by atoms with Crippen molar-refractivity contribution in [3.8, 4) is 11.5 Å². The Labute approximate surface area is 179 Å². The number of methoxy groups -OCH3 is 2. The van der Waals surface area contributed by atoms with Crippen LogP contribution in [-0.4, -0.2) is 55.0 Å². The van der Waals surface area contributed by atoms with Crippen molar-refractivity contribution in [3.05, 3.63) is 47.9 Å². The van der Waals surface area contributed by atoms with Crippen molar-refractivity contribution in [2.24, 2.45) is 0 Å². The predicted molar refractivity (Wildman–Crippen MR) is 110 cm³/mol. The summed E-state index contributed by atoms with van der Waals surface area (Å²) in [4.78, 5) is 41.4. The normalized spacial score (nSPS) is 23.3. The van der Waals surface area contributed by atoms with Crippen LogP contribution in [-0.2, 0) is 15.1 Å². The zero-order valence-corrected chi connectivity index (χ0v) is 17.7. The minimum Gasteiger partial charge on any atom is -0.497 e. The van der Waals surface area contributed by atoms with E-state index in [1.54, 1.807) is 50.3 Å². The first-order valence-electron chi connectivity index (χ1n) is 10.1. The van der Waals surface area contributed by atoms with Gasteiger partial charge in [0.1, 0.15) is 23.8 Å². The number of carbonyl (C=O) groups is 3. The van der Waals surface area contributed by atoms with Crippen LogP contribution in [0.1, 0.15) is 37.1 Å². The number of imide groups is 1. The molecule has 2 aromatic rings. The van der Waals surface area contributed by atoms with Gasteiger partial charge < -0.3 is 24.1 Å². The van der Waals surface area contributed by atoms with Gasteiger partial charge in [-0.3, -0.25) is 14.5 Å². The van der Waals surface area contributed by atoms with Crippen molar-refractivity contribution >= 4 is 17.8 Å². The molecular formula is C22H25N3O6. The first kappa shape index (κ1) is 20.8. The molecule has 4 amide bonds. The highest BCUT2D eigenvalue weighted by molar-refractivity contribution is 6.08. The molecule has 4 rings (SSSR count). The number of nitrogens with one attached hydrogen (secondary N) is 1. The van der Waals surface area contributed by atoms with Crippen LogP contribution in [0.4, 0.5) is 4.79 Å². The van der Waals surface area contributed by atoms with Gasteiger partial charge >= 0.3 is 6.03 Å². The van der Waals surface area contributed by atoms with E-state index in [0.717, 1.165) is 23.3 Å². The number of amides is 4. The fraction of sp³-hybridized carbons (Fsp3) is 0.409. The zero-order chi connectivity index (χ0) is 22.2. The summed E-state index contributed by atoms with van der Waals surface area (Å²) in [5, 5.41) is 2.64. The van der Waals surface area contributed by atoms with E-state index in [4.69, 9.17) is 13.9 Å². The molecule has 0 saturated carbocycles. The second-order valence-corrected chi connectivity index (χ2v) is 7.78. The van der Waals surface area contributed by atoms with Gasteiger partial charge in [0.2, 0.25) is 5.91 Å². The smallest absolute Gasteiger partial charge is 0.325 e. The van der Waals surface area contributed by atoms with Crippen LogP contribution in [0.3, 0.4) is 0 Å². The molecule has 3 heterocycles. The summed E-state index contributed by atoms with van der Waals surface area (Å²) in [6, 6.07) is 7.88. The van der Waals surface area contributed by atoms with Gasteiger partial charge in [-0.25, -0.2) is 4.79 Å². The monoisotopic (exact) mass is 427 g/mol. The molecule has 1 N–H and O–H groups in total. The summed E-state index contributed by atoms with van der Waals surface area (Å²) in [6.07, 6.45) is 2.99. The van der Waals surface area contributed by atoms with Crippen LogP contribution < -0.4 is 14.8 Å². The number of hydrogen-bond donors (Lipinski definition) is 1. The van der Waals surface area contributed by atoms with E-state index < -0.39 is 17.5 Å². The van der Waals surface area contributed by atoms with Crippen molar-refractivity contribution in [2.75, 3.05) is 27.3 Å². The van der Waals surface area contributed by atoms with Crippen LogP contribution >= 0.6 is 0 Å². The summed E-state index contributed by atoms with van der Waals surface area (Å²) >= 11 is 0. The number of likely N-dealkylation sites (tertiary alicyclic amines) is 1. The minimum absolute atomic E-state index is 0.227. The largest absolute Gasteiger partial charge is 0.497 e. The number of benzene rings is 1. The van der Waals surface area contributed by atoms with Gasteiger partial charge in [-0.15, -0.1) is 0 Å². The number of hydrogen-bond acceptors (Lipinski definition) is 6. The highest BCUT2D eigenvalue weighted by Crippen LogP contribution is 2.39. The van der Waals surface area contributed by atoms with Crippen LogP contribution in [0.2, 0.25) is 0 Å². The fourth-order valence-corrected chi connectivity index (χ4v) is 4.29. The van der Waals surface area contributed by atoms with Gasteiger partial charge in [-0.1, -0.05) is 0 Å². The number of furan rings is 1. The van der Waals surface area contributed by atoms with Crippen LogP contribution in [0.5, 0.6) is 11.5 Å². The van der Waals surface area contributed by atoms with Crippen LogP contribution in [0.15, 0.2) is 41.0 Å². The average molecular weight is 427 g/mol. The van der Waals surface area contributed by atoms with Gasteiger partial charge in [0.25, 0.3) is 5.91 Å². The van der Waals surface area contributed by atoms with Gasteiger partial charge in [0, 0.05) is 12.1 Å². The number of ether oxygens (including phenoxy) is 2. The van der Waals surface area contributed by atoms with E-state index >= 15 is 0 Å². The Bertz CT molecular complexity index is 1000. The van der Waals surface area contributed by atoms with Crippen molar-refractivity contribution in [1.29, 1.82) is 0 Å². The molecule has 0 aliphatic carbocycles. The van der Waals surface area contributed by atoms with Gasteiger partial charge in [0.05, 0.1) is 26.5 Å². The van der Waals surface area contributed by atoms with E-state index in [0.29, 0.717) is 23.8 Å². The third kappa shape index (κ3) is 3.49. The fourth-order valence-electron chi connectivity index (χ4n) is 4.29. The summed E-state index contributed by atoms with van der Waals surface area (Å²) in [6.45, 7) is 1.75. The van der Waals surface area contributed by atoms with E-state index in [9.17, 15) is 14.4 Å². The van der Waals surface area contributed by atoms with E-state index in [1.165, 1.54) is 6.26 Å². The first-order chi connectivity index (χ1) is 14.9. The van der Waals surface area contributed by atoms with E-state index in [2.05, 4.69) is 5.32 Å². The molecule has 1 aromatic carbocycles. The standard InChI is InChI=1S/C22H25N3O6/c1-22(18-7-5-11-31-18)20(27)25(21(28)23-22)13-19(26)24-10-4-6-16(24)15-12-14(29-2)8-9-17(15)30-3/h5,7-9,11-12,16H,4,6,10,13H2,1-3H3,(H,23,28)/t16-,22-/m0/s1. The van der Waals surface area contributed by atoms with Crippen LogP contribution in [0, 0.1) is 0 Å². The maximum absolute atomic E-state index is 13.2. The number of nitrogens with zero attached hydrogens (tertiary/aromatic N) is 2. The van der Waals surface area contributed by atoms with E-state index in [-0.39, 0.29) is 18.5 Å². The molecule has 0 unspecified atom stereocenters. The summed E-state index contributed by atoms with van der Waals surface area (Å²) in [5.74, 6) is 0.820. The molecule has 2 atom stereocenters. The second-order valence-electron chi connectivity index (χ2n) is 7.78. The Hall–Kier alpha value is -3.49. The molecule has 0 bridgehead atoms. The highest BCUT2D eigenvalue weighted by Gasteiger charge is 2.52. The SMILES string of the molecule is COc1ccc(OC)c([C@@H]2CCCN2C(=O)CN2C(=O)N[C@@](C)(c3ccco3)C2=O)c1. The van der Waals surface area contributed by atoms with E-state index in [1.807, 2.05) is 6.07 Å². The lowest BCUT2D eigenvalue weighted by Gasteiger charge is -2.28. The lowest BCUT2D eigenvalue weighted by atomic mass is 9.99. The molecule has 9 heteroatoms. The Morgan fingerprint density at radius 1 is 1.26 bits per heavy atom. The number of carbonyl (C=O) groups excluding carboxylic acids is 3. The average Bonchev–Trinajstić information content (AvgIpc) is 3.51.